The van der Waals surface area contributed by atoms with Gasteiger partial charge in [0.2, 0.25) is 0 Å². The number of amides is 1. The predicted molar refractivity (Wildman–Crippen MR) is 51.3 cm³/mol. The number of hydrogen-bond acceptors (Lipinski definition) is 3. The third kappa shape index (κ3) is 3.10. The Morgan fingerprint density at radius 3 is 2.57 bits per heavy atom. The highest BCUT2D eigenvalue weighted by Crippen LogP contribution is 2.21. The maximum absolute atomic E-state index is 11.4. The van der Waals surface area contributed by atoms with Crippen molar-refractivity contribution in [1.29, 1.82) is 0 Å². The largest absolute Gasteiger partial charge is 0.299 e. The number of ketones is 1. The zero-order chi connectivity index (χ0) is 10.8. The molecule has 0 spiro atoms. The highest BCUT2D eigenvalue weighted by atomic mass is 16.7. The van der Waals surface area contributed by atoms with Crippen LogP contribution in [0.15, 0.2) is 0 Å². The van der Waals surface area contributed by atoms with Gasteiger partial charge in [0.25, 0.3) is 5.91 Å². The number of Topliss-reactive ketones (excluding diaryl/α,β-unsaturated/α-hetero) is 1. The number of nitrogens with one attached hydrogen (secondary N) is 1. The van der Waals surface area contributed by atoms with Crippen LogP contribution in [-0.2, 0) is 14.4 Å². The van der Waals surface area contributed by atoms with Gasteiger partial charge in [-0.1, -0.05) is 0 Å². The Balaban J connectivity index is 2.39. The van der Waals surface area contributed by atoms with Crippen molar-refractivity contribution >= 4 is 11.7 Å². The van der Waals surface area contributed by atoms with Gasteiger partial charge in [-0.05, 0) is 33.6 Å². The predicted octanol–water partition coefficient (Wildman–Crippen LogP) is 1.20. The smallest absolute Gasteiger partial charge is 0.254 e. The van der Waals surface area contributed by atoms with Crippen molar-refractivity contribution in [2.75, 3.05) is 0 Å². The lowest BCUT2D eigenvalue weighted by Gasteiger charge is -2.20. The minimum atomic E-state index is -0.489. The van der Waals surface area contributed by atoms with Crippen LogP contribution in [0.3, 0.4) is 0 Å². The zero-order valence-electron chi connectivity index (χ0n) is 8.92. The molecule has 1 fully saturated rings. The molecule has 0 aromatic carbocycles. The van der Waals surface area contributed by atoms with Crippen LogP contribution in [0.1, 0.15) is 40.0 Å². The van der Waals surface area contributed by atoms with Crippen molar-refractivity contribution in [2.45, 2.75) is 45.6 Å². The summed E-state index contributed by atoms with van der Waals surface area (Å²) in [6.07, 6.45) is 1.98. The minimum Gasteiger partial charge on any atom is -0.299 e. The molecule has 14 heavy (non-hydrogen) atoms. The SMILES string of the molecule is CC(C)(C)ONC(=O)C1CCCC1=O. The lowest BCUT2D eigenvalue weighted by Crippen LogP contribution is -2.38. The van der Waals surface area contributed by atoms with Gasteiger partial charge < -0.3 is 0 Å². The normalized spacial score (nSPS) is 22.5. The molecule has 1 N–H and O–H groups in total. The summed E-state index contributed by atoms with van der Waals surface area (Å²) >= 11 is 0. The van der Waals surface area contributed by atoms with Gasteiger partial charge in [-0.2, -0.15) is 0 Å². The fourth-order valence-electron chi connectivity index (χ4n) is 1.37. The summed E-state index contributed by atoms with van der Waals surface area (Å²) in [5, 5.41) is 0. The van der Waals surface area contributed by atoms with Gasteiger partial charge >= 0.3 is 0 Å². The van der Waals surface area contributed by atoms with E-state index < -0.39 is 11.5 Å². The second-order valence-corrected chi connectivity index (χ2v) is 4.59. The summed E-state index contributed by atoms with van der Waals surface area (Å²) in [6.45, 7) is 5.51. The Morgan fingerprint density at radius 2 is 2.14 bits per heavy atom. The lowest BCUT2D eigenvalue weighted by atomic mass is 10.1. The Morgan fingerprint density at radius 1 is 1.50 bits per heavy atom. The first-order chi connectivity index (χ1) is 6.40. The van der Waals surface area contributed by atoms with Gasteiger partial charge in [-0.25, -0.2) is 5.48 Å². The second kappa shape index (κ2) is 4.09. The molecule has 1 amide bonds. The summed E-state index contributed by atoms with van der Waals surface area (Å²) < 4.78 is 0. The summed E-state index contributed by atoms with van der Waals surface area (Å²) in [7, 11) is 0. The highest BCUT2D eigenvalue weighted by molar-refractivity contribution is 6.02. The Kier molecular flexibility index (Phi) is 3.26. The van der Waals surface area contributed by atoms with Crippen LogP contribution < -0.4 is 5.48 Å². The molecule has 0 radical (unpaired) electrons. The van der Waals surface area contributed by atoms with E-state index in [-0.39, 0.29) is 11.7 Å². The van der Waals surface area contributed by atoms with Crippen LogP contribution in [0.25, 0.3) is 0 Å². The molecule has 1 saturated carbocycles. The molecule has 0 aliphatic heterocycles. The molecule has 0 aromatic rings. The van der Waals surface area contributed by atoms with Crippen LogP contribution in [0.4, 0.5) is 0 Å². The molecule has 1 atom stereocenters. The molecular weight excluding hydrogens is 182 g/mol. The van der Waals surface area contributed by atoms with E-state index in [0.717, 1.165) is 6.42 Å². The topological polar surface area (TPSA) is 55.4 Å². The van der Waals surface area contributed by atoms with Gasteiger partial charge in [0.15, 0.2) is 0 Å². The van der Waals surface area contributed by atoms with Crippen LogP contribution in [0.5, 0.6) is 0 Å². The van der Waals surface area contributed by atoms with E-state index in [9.17, 15) is 9.59 Å². The quantitative estimate of drug-likeness (QED) is 0.537. The van der Waals surface area contributed by atoms with E-state index in [1.807, 2.05) is 20.8 Å². The van der Waals surface area contributed by atoms with E-state index in [0.29, 0.717) is 12.8 Å². The number of hydroxylamine groups is 1. The summed E-state index contributed by atoms with van der Waals surface area (Å²) in [5.74, 6) is -0.764. The molecule has 0 heterocycles. The average molecular weight is 199 g/mol. The number of carbonyl (C=O) groups excluding carboxylic acids is 2. The molecule has 4 heteroatoms. The van der Waals surface area contributed by atoms with Gasteiger partial charge in [0.1, 0.15) is 5.78 Å². The van der Waals surface area contributed by atoms with E-state index in [2.05, 4.69) is 5.48 Å². The maximum atomic E-state index is 11.4. The maximum Gasteiger partial charge on any atom is 0.254 e. The van der Waals surface area contributed by atoms with Gasteiger partial charge in [0, 0.05) is 6.42 Å². The van der Waals surface area contributed by atoms with Crippen molar-refractivity contribution in [1.82, 2.24) is 5.48 Å². The van der Waals surface area contributed by atoms with Gasteiger partial charge in [0.05, 0.1) is 11.5 Å². The standard InChI is InChI=1S/C10H17NO3/c1-10(2,3)14-11-9(13)7-5-4-6-8(7)12/h7H,4-6H2,1-3H3,(H,11,13). The molecule has 1 aliphatic carbocycles. The van der Waals surface area contributed by atoms with E-state index >= 15 is 0 Å². The Hall–Kier alpha value is -0.900. The number of hydrogen-bond donors (Lipinski definition) is 1. The molecule has 0 saturated heterocycles. The third-order valence-electron chi connectivity index (χ3n) is 2.08. The molecule has 1 aliphatic rings. The third-order valence-corrected chi connectivity index (χ3v) is 2.08. The summed E-state index contributed by atoms with van der Waals surface area (Å²) in [5.41, 5.74) is 1.92. The molecule has 4 nitrogen and oxygen atoms in total. The van der Waals surface area contributed by atoms with Crippen molar-refractivity contribution < 1.29 is 14.4 Å². The van der Waals surface area contributed by atoms with Gasteiger partial charge in [-0.3, -0.25) is 14.4 Å². The fraction of sp³-hybridized carbons (Fsp3) is 0.800. The lowest BCUT2D eigenvalue weighted by molar-refractivity contribution is -0.151. The van der Waals surface area contributed by atoms with Crippen molar-refractivity contribution in [3.05, 3.63) is 0 Å². The monoisotopic (exact) mass is 199 g/mol. The minimum absolute atomic E-state index is 0.0278. The van der Waals surface area contributed by atoms with Crippen LogP contribution in [-0.4, -0.2) is 17.3 Å². The Labute approximate surface area is 84.0 Å². The van der Waals surface area contributed by atoms with Gasteiger partial charge in [-0.15, -0.1) is 0 Å². The van der Waals surface area contributed by atoms with Crippen LogP contribution >= 0.6 is 0 Å². The zero-order valence-corrected chi connectivity index (χ0v) is 8.92. The van der Waals surface area contributed by atoms with Crippen LogP contribution in [0, 0.1) is 5.92 Å². The second-order valence-electron chi connectivity index (χ2n) is 4.59. The van der Waals surface area contributed by atoms with E-state index in [1.54, 1.807) is 0 Å². The summed E-state index contributed by atoms with van der Waals surface area (Å²) in [4.78, 5) is 27.8. The van der Waals surface area contributed by atoms with Crippen LogP contribution in [0.2, 0.25) is 0 Å². The summed E-state index contributed by atoms with van der Waals surface area (Å²) in [6, 6.07) is 0. The molecule has 80 valence electrons. The van der Waals surface area contributed by atoms with Crippen molar-refractivity contribution in [2.24, 2.45) is 5.92 Å². The Bertz CT molecular complexity index is 242. The fourth-order valence-corrected chi connectivity index (χ4v) is 1.37. The molecule has 1 unspecified atom stereocenters. The molecule has 1 rings (SSSR count). The number of carbonyl (C=O) groups is 2. The number of rotatable bonds is 2. The highest BCUT2D eigenvalue weighted by Gasteiger charge is 2.31. The molecule has 0 aromatic heterocycles. The first kappa shape index (κ1) is 11.2. The van der Waals surface area contributed by atoms with E-state index in [4.69, 9.17) is 4.84 Å². The molecular formula is C10H17NO3. The average Bonchev–Trinajstić information content (AvgIpc) is 2.46. The van der Waals surface area contributed by atoms with Crippen molar-refractivity contribution in [3.8, 4) is 0 Å². The van der Waals surface area contributed by atoms with E-state index in [1.165, 1.54) is 0 Å². The first-order valence-electron chi connectivity index (χ1n) is 4.91. The van der Waals surface area contributed by atoms with Crippen molar-refractivity contribution in [3.63, 3.8) is 0 Å². The first-order valence-corrected chi connectivity index (χ1v) is 4.91. The molecule has 0 bridgehead atoms.